The summed E-state index contributed by atoms with van der Waals surface area (Å²) in [5.74, 6) is 0. The second-order valence-corrected chi connectivity index (χ2v) is 16.5. The molecule has 0 fully saturated rings. The van der Waals surface area contributed by atoms with Crippen LogP contribution in [0.15, 0.2) is 176 Å². The fourth-order valence-corrected chi connectivity index (χ4v) is 10.0. The van der Waals surface area contributed by atoms with E-state index >= 15 is 0 Å². The van der Waals surface area contributed by atoms with Gasteiger partial charge in [-0.15, -0.1) is 0 Å². The Balaban J connectivity index is 1.09. The van der Waals surface area contributed by atoms with Gasteiger partial charge in [-0.05, 0) is 130 Å². The maximum Gasteiger partial charge on any atom is 0.0468 e. The zero-order valence-corrected chi connectivity index (χ0v) is 31.7. The van der Waals surface area contributed by atoms with Gasteiger partial charge in [0.05, 0.1) is 0 Å². The van der Waals surface area contributed by atoms with Crippen LogP contribution in [-0.4, -0.2) is 0 Å². The van der Waals surface area contributed by atoms with Gasteiger partial charge in [0.15, 0.2) is 0 Å². The third-order valence-corrected chi connectivity index (χ3v) is 12.8. The summed E-state index contributed by atoms with van der Waals surface area (Å²) in [5.41, 5.74) is 16.7. The molecule has 0 heterocycles. The van der Waals surface area contributed by atoms with Gasteiger partial charge in [0.1, 0.15) is 0 Å². The molecule has 262 valence electrons. The number of nitrogens with zero attached hydrogens (tertiary/aromatic N) is 1. The lowest BCUT2D eigenvalue weighted by Gasteiger charge is -2.28. The smallest absolute Gasteiger partial charge is 0.0468 e. The topological polar surface area (TPSA) is 3.24 Å². The molecule has 0 spiro atoms. The first-order valence-corrected chi connectivity index (χ1v) is 19.5. The molecule has 1 heteroatoms. The molecule has 55 heavy (non-hydrogen) atoms. The molecule has 0 bridgehead atoms. The van der Waals surface area contributed by atoms with Crippen molar-refractivity contribution in [3.05, 3.63) is 198 Å². The average molecular weight is 704 g/mol. The summed E-state index contributed by atoms with van der Waals surface area (Å²) in [6.07, 6.45) is 0. The number of hydrogen-bond acceptors (Lipinski definition) is 1. The summed E-state index contributed by atoms with van der Waals surface area (Å²) < 4.78 is 0. The summed E-state index contributed by atoms with van der Waals surface area (Å²) in [5, 5.41) is 7.73. The van der Waals surface area contributed by atoms with Crippen LogP contribution in [0.25, 0.3) is 65.7 Å². The molecule has 9 aromatic carbocycles. The van der Waals surface area contributed by atoms with E-state index < -0.39 is 0 Å². The summed E-state index contributed by atoms with van der Waals surface area (Å²) >= 11 is 0. The van der Waals surface area contributed by atoms with Gasteiger partial charge in [-0.2, -0.15) is 0 Å². The monoisotopic (exact) mass is 703 g/mol. The third-order valence-electron chi connectivity index (χ3n) is 12.8. The zero-order chi connectivity index (χ0) is 37.1. The number of benzene rings is 9. The predicted octanol–water partition coefficient (Wildman–Crippen LogP) is 14.9. The molecule has 2 aliphatic rings. The van der Waals surface area contributed by atoms with E-state index in [2.05, 4.69) is 209 Å². The maximum absolute atomic E-state index is 2.46. The Hall–Kier alpha value is -6.44. The lowest BCUT2D eigenvalue weighted by Crippen LogP contribution is -2.16. The van der Waals surface area contributed by atoms with Crippen molar-refractivity contribution in [2.45, 2.75) is 38.5 Å². The molecule has 0 aliphatic heterocycles. The van der Waals surface area contributed by atoms with Crippen molar-refractivity contribution in [1.82, 2.24) is 0 Å². The molecule has 2 aliphatic carbocycles. The van der Waals surface area contributed by atoms with Crippen LogP contribution in [0.5, 0.6) is 0 Å². The second-order valence-electron chi connectivity index (χ2n) is 16.5. The van der Waals surface area contributed by atoms with Gasteiger partial charge in [0.25, 0.3) is 0 Å². The van der Waals surface area contributed by atoms with Crippen LogP contribution in [0.4, 0.5) is 17.1 Å². The maximum atomic E-state index is 2.46. The fraction of sp³-hybridized carbons (Fsp3) is 0.111. The Morgan fingerprint density at radius 3 is 1.42 bits per heavy atom. The van der Waals surface area contributed by atoms with Crippen LogP contribution in [-0.2, 0) is 10.8 Å². The minimum Gasteiger partial charge on any atom is -0.310 e. The van der Waals surface area contributed by atoms with Crippen molar-refractivity contribution in [3.63, 3.8) is 0 Å². The van der Waals surface area contributed by atoms with Gasteiger partial charge >= 0.3 is 0 Å². The molecule has 0 radical (unpaired) electrons. The highest BCUT2D eigenvalue weighted by atomic mass is 15.1. The van der Waals surface area contributed by atoms with Crippen LogP contribution in [0, 0.1) is 0 Å². The number of hydrogen-bond donors (Lipinski definition) is 0. The Kier molecular flexibility index (Phi) is 6.72. The molecule has 1 nitrogen and oxygen atoms in total. The average Bonchev–Trinajstić information content (AvgIpc) is 3.59. The molecule has 0 atom stereocenters. The van der Waals surface area contributed by atoms with Crippen molar-refractivity contribution in [3.8, 4) is 33.4 Å². The van der Waals surface area contributed by atoms with Crippen molar-refractivity contribution >= 4 is 49.4 Å². The van der Waals surface area contributed by atoms with E-state index in [1.165, 1.54) is 88.0 Å². The third kappa shape index (κ3) is 4.60. The summed E-state index contributed by atoms with van der Waals surface area (Å²) in [6.45, 7) is 9.41. The minimum absolute atomic E-state index is 0.0469. The van der Waals surface area contributed by atoms with E-state index in [9.17, 15) is 0 Å². The highest BCUT2D eigenvalue weighted by Crippen LogP contribution is 2.53. The standard InChI is InChI=1S/C54H41N/c1-53(2)48-19-11-9-16-42(48)46-32-38(27-29-50(46)53)55(39-28-30-51-47(33-39)43-17-10-12-20-49(43)54(51,3)4)37-25-23-35(24-26-37)45-31-36-22-21-34-13-5-6-14-40(34)52(36)44-18-8-7-15-41(44)45/h5-33H,1-4H3. The molecular weight excluding hydrogens is 663 g/mol. The van der Waals surface area contributed by atoms with Crippen molar-refractivity contribution in [1.29, 1.82) is 0 Å². The van der Waals surface area contributed by atoms with Gasteiger partial charge in [-0.3, -0.25) is 0 Å². The minimum atomic E-state index is -0.0469. The fourth-order valence-electron chi connectivity index (χ4n) is 10.0. The molecular formula is C54H41N. The molecule has 0 saturated heterocycles. The van der Waals surface area contributed by atoms with Crippen LogP contribution in [0.1, 0.15) is 49.9 Å². The largest absolute Gasteiger partial charge is 0.310 e. The lowest BCUT2D eigenvalue weighted by atomic mass is 9.82. The first-order chi connectivity index (χ1) is 26.8. The van der Waals surface area contributed by atoms with Crippen molar-refractivity contribution in [2.24, 2.45) is 0 Å². The molecule has 9 aromatic rings. The number of fused-ring (bicyclic) bond motifs is 11. The second kappa shape index (κ2) is 11.5. The van der Waals surface area contributed by atoms with E-state index in [0.29, 0.717) is 0 Å². The Morgan fingerprint density at radius 2 is 0.800 bits per heavy atom. The van der Waals surface area contributed by atoms with E-state index in [0.717, 1.165) is 17.1 Å². The molecule has 0 saturated carbocycles. The van der Waals surface area contributed by atoms with Crippen molar-refractivity contribution in [2.75, 3.05) is 4.90 Å². The highest BCUT2D eigenvalue weighted by Gasteiger charge is 2.37. The van der Waals surface area contributed by atoms with Crippen LogP contribution >= 0.6 is 0 Å². The summed E-state index contributed by atoms with van der Waals surface area (Å²) in [6, 6.07) is 65.9. The SMILES string of the molecule is CC1(C)c2ccccc2-c2cc(N(c3ccc(-c4cc5ccc6ccccc6c5c5ccccc45)cc3)c3ccc4c(c3)-c3ccccc3C4(C)C)ccc21. The molecule has 0 amide bonds. The lowest BCUT2D eigenvalue weighted by molar-refractivity contribution is 0.660. The van der Waals surface area contributed by atoms with E-state index in [1.54, 1.807) is 0 Å². The van der Waals surface area contributed by atoms with Crippen LogP contribution < -0.4 is 4.90 Å². The number of anilines is 3. The van der Waals surface area contributed by atoms with Gasteiger partial charge in [0, 0.05) is 27.9 Å². The summed E-state index contributed by atoms with van der Waals surface area (Å²) in [4.78, 5) is 2.46. The quantitative estimate of drug-likeness (QED) is 0.165. The van der Waals surface area contributed by atoms with Gasteiger partial charge in [-0.25, -0.2) is 0 Å². The zero-order valence-electron chi connectivity index (χ0n) is 31.7. The van der Waals surface area contributed by atoms with E-state index in [1.807, 2.05) is 0 Å². The molecule has 0 unspecified atom stereocenters. The molecule has 0 aromatic heterocycles. The van der Waals surface area contributed by atoms with Crippen LogP contribution in [0.2, 0.25) is 0 Å². The summed E-state index contributed by atoms with van der Waals surface area (Å²) in [7, 11) is 0. The first-order valence-electron chi connectivity index (χ1n) is 19.5. The van der Waals surface area contributed by atoms with E-state index in [-0.39, 0.29) is 10.8 Å². The first kappa shape index (κ1) is 32.0. The van der Waals surface area contributed by atoms with E-state index in [4.69, 9.17) is 0 Å². The van der Waals surface area contributed by atoms with Gasteiger partial charge in [0.2, 0.25) is 0 Å². The molecule has 11 rings (SSSR count). The molecule has 0 N–H and O–H groups in total. The van der Waals surface area contributed by atoms with Crippen LogP contribution in [0.3, 0.4) is 0 Å². The van der Waals surface area contributed by atoms with Gasteiger partial charge in [-0.1, -0.05) is 161 Å². The Morgan fingerprint density at radius 1 is 0.327 bits per heavy atom. The van der Waals surface area contributed by atoms with Crippen molar-refractivity contribution < 1.29 is 0 Å². The normalized spacial score (nSPS) is 14.5. The Bertz CT molecular complexity index is 2930. The predicted molar refractivity (Wildman–Crippen MR) is 234 cm³/mol. The number of rotatable bonds is 4. The highest BCUT2D eigenvalue weighted by molar-refractivity contribution is 6.23. The Labute approximate surface area is 323 Å². The van der Waals surface area contributed by atoms with Gasteiger partial charge < -0.3 is 4.90 Å².